The van der Waals surface area contributed by atoms with E-state index in [9.17, 15) is 0 Å². The monoisotopic (exact) mass is 268 g/mol. The van der Waals surface area contributed by atoms with Gasteiger partial charge in [-0.2, -0.15) is 0 Å². The molecule has 1 aliphatic rings. The molecule has 0 amide bonds. The van der Waals surface area contributed by atoms with Crippen molar-refractivity contribution in [1.29, 1.82) is 0 Å². The number of nitrogens with one attached hydrogen (secondary N) is 1. The average molecular weight is 268 g/mol. The van der Waals surface area contributed by atoms with Crippen molar-refractivity contribution in [3.8, 4) is 0 Å². The van der Waals surface area contributed by atoms with Gasteiger partial charge in [-0.05, 0) is 25.2 Å². The van der Waals surface area contributed by atoms with Gasteiger partial charge in [-0.25, -0.2) is 4.98 Å². The molecule has 4 N–H and O–H groups in total. The molecule has 0 bridgehead atoms. The molecule has 100 valence electrons. The fourth-order valence-electron chi connectivity index (χ4n) is 2.11. The number of amidine groups is 1. The van der Waals surface area contributed by atoms with Crippen LogP contribution in [0.25, 0.3) is 0 Å². The lowest BCUT2D eigenvalue weighted by Crippen LogP contribution is -2.29. The van der Waals surface area contributed by atoms with E-state index in [1.807, 2.05) is 6.92 Å². The van der Waals surface area contributed by atoms with Crippen LogP contribution in [0.3, 0.4) is 0 Å². The first kappa shape index (κ1) is 13.3. The van der Waals surface area contributed by atoms with Crippen molar-refractivity contribution >= 4 is 17.2 Å². The van der Waals surface area contributed by atoms with E-state index in [2.05, 4.69) is 20.8 Å². The number of rotatable bonds is 7. The smallest absolute Gasteiger partial charge is 0.139 e. The number of thiazole rings is 1. The molecule has 0 spiro atoms. The summed E-state index contributed by atoms with van der Waals surface area (Å²) in [5, 5.41) is 18.3. The minimum absolute atomic E-state index is 0.230. The molecule has 0 aliphatic heterocycles. The Morgan fingerprint density at radius 1 is 1.67 bits per heavy atom. The average Bonchev–Trinajstić information content (AvgIpc) is 2.98. The third kappa shape index (κ3) is 3.68. The van der Waals surface area contributed by atoms with Gasteiger partial charge in [0.15, 0.2) is 0 Å². The molecule has 18 heavy (non-hydrogen) atoms. The Hall–Kier alpha value is -1.14. The van der Waals surface area contributed by atoms with Gasteiger partial charge in [-0.1, -0.05) is 5.16 Å². The number of oxime groups is 1. The Balaban J connectivity index is 1.66. The molecule has 0 saturated heterocycles. The summed E-state index contributed by atoms with van der Waals surface area (Å²) in [7, 11) is 0. The molecule has 5 nitrogen and oxygen atoms in total. The van der Waals surface area contributed by atoms with Gasteiger partial charge < -0.3 is 16.3 Å². The highest BCUT2D eigenvalue weighted by atomic mass is 32.1. The molecule has 0 unspecified atom stereocenters. The van der Waals surface area contributed by atoms with E-state index >= 15 is 0 Å². The van der Waals surface area contributed by atoms with Gasteiger partial charge in [0.05, 0.1) is 10.7 Å². The number of aromatic nitrogens is 1. The molecule has 6 heteroatoms. The summed E-state index contributed by atoms with van der Waals surface area (Å²) < 4.78 is 0. The van der Waals surface area contributed by atoms with Crippen LogP contribution in [-0.4, -0.2) is 29.1 Å². The minimum Gasteiger partial charge on any atom is -0.409 e. The highest BCUT2D eigenvalue weighted by Gasteiger charge is 2.42. The summed E-state index contributed by atoms with van der Waals surface area (Å²) in [6.07, 6.45) is 3.97. The third-order valence-electron chi connectivity index (χ3n) is 3.37. The summed E-state index contributed by atoms with van der Waals surface area (Å²) in [4.78, 5) is 4.43. The fraction of sp³-hybridized carbons (Fsp3) is 0.667. The zero-order valence-corrected chi connectivity index (χ0v) is 11.5. The number of aryl methyl sites for hydroxylation is 1. The Morgan fingerprint density at radius 2 is 2.44 bits per heavy atom. The maximum atomic E-state index is 8.58. The second kappa shape index (κ2) is 5.67. The summed E-state index contributed by atoms with van der Waals surface area (Å²) in [6, 6.07) is 0. The number of nitrogens with zero attached hydrogens (tertiary/aromatic N) is 2. The van der Waals surface area contributed by atoms with Gasteiger partial charge in [-0.3, -0.25) is 0 Å². The molecule has 1 aromatic rings. The first-order chi connectivity index (χ1) is 8.63. The molecular formula is C12H20N4OS. The molecule has 0 radical (unpaired) electrons. The predicted octanol–water partition coefficient (Wildman–Crippen LogP) is 1.50. The van der Waals surface area contributed by atoms with E-state index in [1.54, 1.807) is 11.3 Å². The first-order valence-corrected chi connectivity index (χ1v) is 7.10. The number of nitrogens with two attached hydrogens (primary N) is 1. The van der Waals surface area contributed by atoms with Gasteiger partial charge >= 0.3 is 0 Å². The lowest BCUT2D eigenvalue weighted by atomic mass is 10.0. The van der Waals surface area contributed by atoms with Crippen molar-refractivity contribution < 1.29 is 5.21 Å². The van der Waals surface area contributed by atoms with Crippen molar-refractivity contribution in [2.75, 3.05) is 13.1 Å². The molecule has 1 aromatic heterocycles. The van der Waals surface area contributed by atoms with Crippen molar-refractivity contribution in [3.05, 3.63) is 16.1 Å². The molecule has 1 aliphatic carbocycles. The van der Waals surface area contributed by atoms with Crippen LogP contribution in [0.5, 0.6) is 0 Å². The van der Waals surface area contributed by atoms with Crippen LogP contribution in [0, 0.1) is 12.3 Å². The summed E-state index contributed by atoms with van der Waals surface area (Å²) in [6.45, 7) is 3.89. The van der Waals surface area contributed by atoms with E-state index in [1.165, 1.54) is 0 Å². The maximum Gasteiger partial charge on any atom is 0.139 e. The summed E-state index contributed by atoms with van der Waals surface area (Å²) in [5.41, 5.74) is 6.95. The van der Waals surface area contributed by atoms with Gasteiger partial charge in [0.1, 0.15) is 5.84 Å². The SMILES string of the molecule is Cc1nc(CCNCC2(CC(N)=NO)CC2)cs1. The topological polar surface area (TPSA) is 83.5 Å². The Kier molecular flexibility index (Phi) is 4.19. The van der Waals surface area contributed by atoms with Crippen LogP contribution in [-0.2, 0) is 6.42 Å². The fourth-order valence-corrected chi connectivity index (χ4v) is 2.75. The molecule has 1 saturated carbocycles. The Labute approximate surface area is 111 Å². The second-order valence-electron chi connectivity index (χ2n) is 5.05. The van der Waals surface area contributed by atoms with Crippen LogP contribution in [0.2, 0.25) is 0 Å². The van der Waals surface area contributed by atoms with E-state index in [0.717, 1.165) is 43.1 Å². The van der Waals surface area contributed by atoms with Gasteiger partial charge in [0.2, 0.25) is 0 Å². The lowest BCUT2D eigenvalue weighted by molar-refractivity contribution is 0.314. The molecular weight excluding hydrogens is 248 g/mol. The van der Waals surface area contributed by atoms with Crippen LogP contribution < -0.4 is 11.1 Å². The largest absolute Gasteiger partial charge is 0.409 e. The van der Waals surface area contributed by atoms with Crippen molar-refractivity contribution in [3.63, 3.8) is 0 Å². The molecule has 0 atom stereocenters. The number of hydrogen-bond acceptors (Lipinski definition) is 5. The quantitative estimate of drug-likeness (QED) is 0.230. The standard InChI is InChI=1S/C12H20N4OS/c1-9-15-10(7-18-9)2-5-14-8-12(3-4-12)6-11(13)16-17/h7,14,17H,2-6,8H2,1H3,(H2,13,16). The second-order valence-corrected chi connectivity index (χ2v) is 6.11. The third-order valence-corrected chi connectivity index (χ3v) is 4.19. The maximum absolute atomic E-state index is 8.58. The van der Waals surface area contributed by atoms with E-state index in [0.29, 0.717) is 12.3 Å². The normalized spacial score (nSPS) is 17.9. The molecule has 1 fully saturated rings. The summed E-state index contributed by atoms with van der Waals surface area (Å²) in [5.74, 6) is 0.337. The lowest BCUT2D eigenvalue weighted by Gasteiger charge is -2.14. The van der Waals surface area contributed by atoms with Gasteiger partial charge in [0, 0.05) is 31.3 Å². The van der Waals surface area contributed by atoms with E-state index in [-0.39, 0.29) is 5.41 Å². The van der Waals surface area contributed by atoms with Crippen molar-refractivity contribution in [1.82, 2.24) is 10.3 Å². The van der Waals surface area contributed by atoms with Crippen LogP contribution >= 0.6 is 11.3 Å². The highest BCUT2D eigenvalue weighted by molar-refractivity contribution is 7.09. The minimum atomic E-state index is 0.230. The van der Waals surface area contributed by atoms with Gasteiger partial charge in [0.25, 0.3) is 0 Å². The number of hydrogen-bond donors (Lipinski definition) is 3. The zero-order chi connectivity index (χ0) is 13.0. The van der Waals surface area contributed by atoms with Crippen LogP contribution in [0.15, 0.2) is 10.5 Å². The van der Waals surface area contributed by atoms with Crippen molar-refractivity contribution in [2.45, 2.75) is 32.6 Å². The van der Waals surface area contributed by atoms with E-state index in [4.69, 9.17) is 10.9 Å². The van der Waals surface area contributed by atoms with E-state index < -0.39 is 0 Å². The van der Waals surface area contributed by atoms with Gasteiger partial charge in [-0.15, -0.1) is 11.3 Å². The highest BCUT2D eigenvalue weighted by Crippen LogP contribution is 2.48. The Morgan fingerprint density at radius 3 is 3.00 bits per heavy atom. The van der Waals surface area contributed by atoms with Crippen molar-refractivity contribution in [2.24, 2.45) is 16.3 Å². The van der Waals surface area contributed by atoms with Crippen LogP contribution in [0.1, 0.15) is 30.0 Å². The first-order valence-electron chi connectivity index (χ1n) is 6.22. The molecule has 0 aromatic carbocycles. The predicted molar refractivity (Wildman–Crippen MR) is 73.1 cm³/mol. The molecule has 1 heterocycles. The summed E-state index contributed by atoms with van der Waals surface area (Å²) >= 11 is 1.69. The Bertz CT molecular complexity index is 425. The zero-order valence-electron chi connectivity index (χ0n) is 10.6. The molecule has 2 rings (SSSR count). The van der Waals surface area contributed by atoms with Crippen LogP contribution in [0.4, 0.5) is 0 Å².